The second kappa shape index (κ2) is 7.75. The van der Waals surface area contributed by atoms with Crippen molar-refractivity contribution in [2.24, 2.45) is 0 Å². The molecule has 0 bridgehead atoms. The summed E-state index contributed by atoms with van der Waals surface area (Å²) in [7, 11) is 1.30. The van der Waals surface area contributed by atoms with Crippen LogP contribution in [0.1, 0.15) is 41.6 Å². The van der Waals surface area contributed by atoms with Crippen LogP contribution >= 0.6 is 0 Å². The molecule has 4 rings (SSSR count). The first kappa shape index (κ1) is 21.0. The Labute approximate surface area is 177 Å². The van der Waals surface area contributed by atoms with E-state index < -0.39 is 24.3 Å². The summed E-state index contributed by atoms with van der Waals surface area (Å²) in [4.78, 5) is 34.7. The topological polar surface area (TPSA) is 98.7 Å². The number of benzene rings is 1. The zero-order valence-corrected chi connectivity index (χ0v) is 17.2. The molecule has 1 aromatic carbocycles. The van der Waals surface area contributed by atoms with Gasteiger partial charge in [-0.1, -0.05) is 12.8 Å². The SMILES string of the molecule is Cc1cc(Nc2ncc3c(n2)N(C2CCCC2)CC(F)(F)C(=O)N3C)ccc1C(=O)O. The van der Waals surface area contributed by atoms with E-state index in [1.54, 1.807) is 19.1 Å². The molecule has 0 atom stereocenters. The predicted octanol–water partition coefficient (Wildman–Crippen LogP) is 3.59. The average molecular weight is 431 g/mol. The van der Waals surface area contributed by atoms with Crippen LogP contribution in [0.3, 0.4) is 0 Å². The van der Waals surface area contributed by atoms with Crippen molar-refractivity contribution in [3.05, 3.63) is 35.5 Å². The van der Waals surface area contributed by atoms with Crippen LogP contribution in [0.5, 0.6) is 0 Å². The monoisotopic (exact) mass is 431 g/mol. The maximum absolute atomic E-state index is 14.6. The number of anilines is 4. The summed E-state index contributed by atoms with van der Waals surface area (Å²) in [5, 5.41) is 12.2. The van der Waals surface area contributed by atoms with Crippen molar-refractivity contribution < 1.29 is 23.5 Å². The summed E-state index contributed by atoms with van der Waals surface area (Å²) in [6.07, 6.45) is 4.77. The summed E-state index contributed by atoms with van der Waals surface area (Å²) in [6.45, 7) is 0.952. The fourth-order valence-corrected chi connectivity index (χ4v) is 4.21. The first-order valence-electron chi connectivity index (χ1n) is 10.1. The third-order valence-corrected chi connectivity index (χ3v) is 5.85. The summed E-state index contributed by atoms with van der Waals surface area (Å²) in [6, 6.07) is 4.59. The molecule has 8 nitrogen and oxygen atoms in total. The van der Waals surface area contributed by atoms with Crippen molar-refractivity contribution in [2.45, 2.75) is 44.6 Å². The van der Waals surface area contributed by atoms with E-state index in [2.05, 4.69) is 15.3 Å². The molecule has 1 saturated carbocycles. The van der Waals surface area contributed by atoms with Gasteiger partial charge in [-0.25, -0.2) is 9.78 Å². The standard InChI is InChI=1S/C21H23F2N5O3/c1-12-9-13(7-8-15(12)18(29)30)25-20-24-10-16-17(26-20)28(14-5-3-4-6-14)11-21(22,23)19(31)27(16)2/h7-10,14H,3-6,11H2,1-2H3,(H,29,30)(H,24,25,26). The maximum atomic E-state index is 14.6. The zero-order chi connectivity index (χ0) is 22.3. The van der Waals surface area contributed by atoms with E-state index in [4.69, 9.17) is 0 Å². The molecular formula is C21H23F2N5O3. The number of fused-ring (bicyclic) bond motifs is 1. The molecule has 1 aromatic heterocycles. The number of hydrogen-bond donors (Lipinski definition) is 2. The minimum absolute atomic E-state index is 0.122. The van der Waals surface area contributed by atoms with Crippen LogP contribution in [-0.4, -0.2) is 52.5 Å². The van der Waals surface area contributed by atoms with Crippen LogP contribution in [0.4, 0.5) is 31.9 Å². The minimum atomic E-state index is -3.53. The van der Waals surface area contributed by atoms with E-state index in [9.17, 15) is 23.5 Å². The highest BCUT2D eigenvalue weighted by Crippen LogP contribution is 2.39. The van der Waals surface area contributed by atoms with Gasteiger partial charge in [0.05, 0.1) is 18.3 Å². The normalized spacial score (nSPS) is 18.6. The van der Waals surface area contributed by atoms with Crippen molar-refractivity contribution in [2.75, 3.05) is 28.7 Å². The fraction of sp³-hybridized carbons (Fsp3) is 0.429. The van der Waals surface area contributed by atoms with Crippen LogP contribution in [0.25, 0.3) is 0 Å². The number of carboxylic acids is 1. The van der Waals surface area contributed by atoms with Gasteiger partial charge < -0.3 is 20.2 Å². The van der Waals surface area contributed by atoms with Gasteiger partial charge in [0.1, 0.15) is 5.69 Å². The van der Waals surface area contributed by atoms with Crippen LogP contribution in [0, 0.1) is 6.92 Å². The number of halogens is 2. The fourth-order valence-electron chi connectivity index (χ4n) is 4.21. The second-order valence-electron chi connectivity index (χ2n) is 8.00. The van der Waals surface area contributed by atoms with Crippen LogP contribution in [0.15, 0.2) is 24.4 Å². The number of nitrogens with zero attached hydrogens (tertiary/aromatic N) is 4. The van der Waals surface area contributed by atoms with Crippen molar-refractivity contribution in [1.29, 1.82) is 0 Å². The van der Waals surface area contributed by atoms with E-state index in [1.165, 1.54) is 24.2 Å². The molecule has 2 heterocycles. The Morgan fingerprint density at radius 3 is 2.65 bits per heavy atom. The zero-order valence-electron chi connectivity index (χ0n) is 17.2. The number of aromatic carboxylic acids is 1. The van der Waals surface area contributed by atoms with Gasteiger partial charge in [0.2, 0.25) is 5.95 Å². The number of aryl methyl sites for hydroxylation is 1. The highest BCUT2D eigenvalue weighted by atomic mass is 19.3. The van der Waals surface area contributed by atoms with Gasteiger partial charge >= 0.3 is 11.9 Å². The molecule has 1 fully saturated rings. The van der Waals surface area contributed by atoms with Crippen molar-refractivity contribution >= 4 is 35.0 Å². The predicted molar refractivity (Wildman–Crippen MR) is 111 cm³/mol. The molecule has 10 heteroatoms. The molecular weight excluding hydrogens is 408 g/mol. The maximum Gasteiger partial charge on any atom is 0.342 e. The number of amides is 1. The van der Waals surface area contributed by atoms with Gasteiger partial charge in [-0.05, 0) is 43.5 Å². The first-order chi connectivity index (χ1) is 14.7. The lowest BCUT2D eigenvalue weighted by Crippen LogP contribution is -2.48. The summed E-state index contributed by atoms with van der Waals surface area (Å²) in [5.74, 6) is -5.37. The van der Waals surface area contributed by atoms with Gasteiger partial charge in [0, 0.05) is 18.8 Å². The van der Waals surface area contributed by atoms with Gasteiger partial charge in [-0.2, -0.15) is 13.8 Å². The number of carbonyl (C=O) groups is 2. The second-order valence-corrected chi connectivity index (χ2v) is 8.00. The quantitative estimate of drug-likeness (QED) is 0.763. The Kier molecular flexibility index (Phi) is 5.24. The molecule has 0 saturated heterocycles. The Hall–Kier alpha value is -3.30. The van der Waals surface area contributed by atoms with Gasteiger partial charge in [-0.3, -0.25) is 4.79 Å². The molecule has 1 amide bonds. The lowest BCUT2D eigenvalue weighted by molar-refractivity contribution is -0.140. The van der Waals surface area contributed by atoms with E-state index in [0.29, 0.717) is 11.3 Å². The molecule has 2 N–H and O–H groups in total. The van der Waals surface area contributed by atoms with E-state index in [1.807, 2.05) is 0 Å². The molecule has 164 valence electrons. The first-order valence-corrected chi connectivity index (χ1v) is 10.1. The van der Waals surface area contributed by atoms with Crippen LogP contribution < -0.4 is 15.1 Å². The number of carbonyl (C=O) groups excluding carboxylic acids is 1. The number of hydrogen-bond acceptors (Lipinski definition) is 6. The van der Waals surface area contributed by atoms with Crippen LogP contribution in [-0.2, 0) is 4.79 Å². The minimum Gasteiger partial charge on any atom is -0.478 e. The molecule has 1 aliphatic carbocycles. The molecule has 1 aliphatic heterocycles. The van der Waals surface area contributed by atoms with Crippen LogP contribution in [0.2, 0.25) is 0 Å². The average Bonchev–Trinajstić information content (AvgIpc) is 3.23. The molecule has 0 radical (unpaired) electrons. The summed E-state index contributed by atoms with van der Waals surface area (Å²) < 4.78 is 29.3. The smallest absolute Gasteiger partial charge is 0.342 e. The number of carboxylic acid groups (broad SMARTS) is 1. The Balaban J connectivity index is 1.72. The van der Waals surface area contributed by atoms with Crippen molar-refractivity contribution in [3.8, 4) is 0 Å². The third kappa shape index (κ3) is 3.89. The van der Waals surface area contributed by atoms with E-state index in [0.717, 1.165) is 30.6 Å². The number of nitrogens with one attached hydrogen (secondary N) is 1. The third-order valence-electron chi connectivity index (χ3n) is 5.85. The summed E-state index contributed by atoms with van der Waals surface area (Å²) in [5.41, 5.74) is 1.54. The summed E-state index contributed by atoms with van der Waals surface area (Å²) >= 11 is 0. The lowest BCUT2D eigenvalue weighted by Gasteiger charge is -2.31. The van der Waals surface area contributed by atoms with Gasteiger partial charge in [0.25, 0.3) is 5.91 Å². The highest BCUT2D eigenvalue weighted by molar-refractivity contribution is 6.02. The number of rotatable bonds is 4. The van der Waals surface area contributed by atoms with Crippen molar-refractivity contribution in [1.82, 2.24) is 9.97 Å². The Morgan fingerprint density at radius 1 is 1.29 bits per heavy atom. The van der Waals surface area contributed by atoms with E-state index in [-0.39, 0.29) is 29.1 Å². The number of aromatic nitrogens is 2. The Morgan fingerprint density at radius 2 is 2.00 bits per heavy atom. The lowest BCUT2D eigenvalue weighted by atomic mass is 10.1. The molecule has 0 unspecified atom stereocenters. The molecule has 31 heavy (non-hydrogen) atoms. The van der Waals surface area contributed by atoms with Gasteiger partial charge in [0.15, 0.2) is 5.82 Å². The Bertz CT molecular complexity index is 1040. The molecule has 2 aromatic rings. The molecule has 0 spiro atoms. The van der Waals surface area contributed by atoms with E-state index >= 15 is 0 Å². The van der Waals surface area contributed by atoms with Gasteiger partial charge in [-0.15, -0.1) is 0 Å². The molecule has 2 aliphatic rings. The van der Waals surface area contributed by atoms with Crippen molar-refractivity contribution in [3.63, 3.8) is 0 Å². The number of alkyl halides is 2. The highest BCUT2D eigenvalue weighted by Gasteiger charge is 2.48. The largest absolute Gasteiger partial charge is 0.478 e.